The Hall–Kier alpha value is -3.04. The van der Waals surface area contributed by atoms with Gasteiger partial charge in [0, 0.05) is 23.2 Å². The number of ether oxygens (including phenoxy) is 4. The molecular weight excluding hydrogens is 473 g/mol. The van der Waals surface area contributed by atoms with Gasteiger partial charge in [0.05, 0.1) is 38.1 Å². The highest BCUT2D eigenvalue weighted by Crippen LogP contribution is 2.40. The van der Waals surface area contributed by atoms with E-state index in [9.17, 15) is 9.59 Å². The number of azo groups is 1. The molecule has 178 valence electrons. The predicted octanol–water partition coefficient (Wildman–Crippen LogP) is 5.49. The molecule has 0 fully saturated rings. The molecule has 0 bridgehead atoms. The Morgan fingerprint density at radius 1 is 1.00 bits per heavy atom. The smallest absolute Gasteiger partial charge is 0.258 e. The average molecular weight is 498 g/mol. The van der Waals surface area contributed by atoms with Gasteiger partial charge in [0.25, 0.3) is 5.91 Å². The van der Waals surface area contributed by atoms with Gasteiger partial charge in [-0.1, -0.05) is 23.2 Å². The second-order valence-electron chi connectivity index (χ2n) is 6.52. The van der Waals surface area contributed by atoms with Gasteiger partial charge in [-0.3, -0.25) is 9.59 Å². The Morgan fingerprint density at radius 2 is 1.70 bits per heavy atom. The number of nitrogens with zero attached hydrogens (tertiary/aromatic N) is 2. The zero-order valence-electron chi connectivity index (χ0n) is 18.9. The first kappa shape index (κ1) is 26.2. The molecule has 1 unspecified atom stereocenters. The largest absolute Gasteiger partial charge is 0.497 e. The van der Waals surface area contributed by atoms with Crippen molar-refractivity contribution >= 4 is 46.3 Å². The lowest BCUT2D eigenvalue weighted by atomic mass is 10.2. The van der Waals surface area contributed by atoms with E-state index in [0.717, 1.165) is 0 Å². The van der Waals surface area contributed by atoms with Gasteiger partial charge in [0.2, 0.25) is 6.04 Å². The summed E-state index contributed by atoms with van der Waals surface area (Å²) < 4.78 is 21.6. The van der Waals surface area contributed by atoms with Gasteiger partial charge in [-0.15, -0.1) is 5.11 Å². The van der Waals surface area contributed by atoms with Crippen molar-refractivity contribution in [2.24, 2.45) is 10.2 Å². The zero-order valence-corrected chi connectivity index (χ0v) is 20.4. The van der Waals surface area contributed by atoms with Gasteiger partial charge in [-0.05, 0) is 26.8 Å². The Morgan fingerprint density at radius 3 is 2.27 bits per heavy atom. The van der Waals surface area contributed by atoms with E-state index in [-0.39, 0.29) is 27.9 Å². The molecule has 33 heavy (non-hydrogen) atoms. The Labute approximate surface area is 202 Å². The number of halogens is 2. The molecule has 0 aromatic heterocycles. The molecule has 2 aromatic carbocycles. The van der Waals surface area contributed by atoms with Crippen LogP contribution in [0.4, 0.5) is 11.4 Å². The average Bonchev–Trinajstić information content (AvgIpc) is 2.76. The molecule has 0 radical (unpaired) electrons. The molecule has 9 nitrogen and oxygen atoms in total. The van der Waals surface area contributed by atoms with E-state index in [1.165, 1.54) is 33.3 Å². The molecule has 2 aromatic rings. The van der Waals surface area contributed by atoms with Crippen LogP contribution < -0.4 is 24.3 Å². The minimum Gasteiger partial charge on any atom is -0.497 e. The summed E-state index contributed by atoms with van der Waals surface area (Å²) in [7, 11) is 2.90. The lowest BCUT2D eigenvalue weighted by Crippen LogP contribution is -2.32. The van der Waals surface area contributed by atoms with Crippen molar-refractivity contribution in [3.05, 3.63) is 34.3 Å². The Bertz CT molecular complexity index is 1050. The predicted molar refractivity (Wildman–Crippen MR) is 126 cm³/mol. The highest BCUT2D eigenvalue weighted by Gasteiger charge is 2.26. The van der Waals surface area contributed by atoms with Crippen LogP contribution in [0.2, 0.25) is 10.0 Å². The fourth-order valence-electron chi connectivity index (χ4n) is 2.77. The zero-order chi connectivity index (χ0) is 24.5. The van der Waals surface area contributed by atoms with E-state index in [2.05, 4.69) is 15.5 Å². The summed E-state index contributed by atoms with van der Waals surface area (Å²) >= 11 is 12.4. The summed E-state index contributed by atoms with van der Waals surface area (Å²) in [6.45, 7) is 5.50. The van der Waals surface area contributed by atoms with Crippen molar-refractivity contribution in [3.8, 4) is 23.0 Å². The van der Waals surface area contributed by atoms with Crippen LogP contribution in [0, 0.1) is 0 Å². The summed E-state index contributed by atoms with van der Waals surface area (Å²) in [5.74, 6) is 0.0892. The molecule has 0 heterocycles. The standard InChI is InChI=1S/C22H25Cl2N3O6/c1-6-32-18-9-13(23)8-16(21(18)33-7-2)25-22(29)19(12(3)28)26-27-20-15(24)10-14(30-4)11-17(20)31-5/h8-11,19H,6-7H2,1-5H3,(H,25,29). The minimum atomic E-state index is -1.46. The van der Waals surface area contributed by atoms with Crippen LogP contribution in [0.1, 0.15) is 20.8 Å². The second-order valence-corrected chi connectivity index (χ2v) is 7.37. The maximum absolute atomic E-state index is 12.9. The van der Waals surface area contributed by atoms with Crippen molar-refractivity contribution in [2.75, 3.05) is 32.8 Å². The van der Waals surface area contributed by atoms with Crippen LogP contribution in [0.5, 0.6) is 23.0 Å². The lowest BCUT2D eigenvalue weighted by Gasteiger charge is -2.17. The van der Waals surface area contributed by atoms with Crippen molar-refractivity contribution < 1.29 is 28.5 Å². The minimum absolute atomic E-state index is 0.149. The monoisotopic (exact) mass is 497 g/mol. The van der Waals surface area contributed by atoms with Crippen LogP contribution in [0.15, 0.2) is 34.5 Å². The number of amides is 1. The van der Waals surface area contributed by atoms with Crippen LogP contribution >= 0.6 is 23.2 Å². The molecule has 0 aliphatic heterocycles. The van der Waals surface area contributed by atoms with E-state index >= 15 is 0 Å². The molecule has 0 aliphatic carbocycles. The van der Waals surface area contributed by atoms with Crippen molar-refractivity contribution in [3.63, 3.8) is 0 Å². The van der Waals surface area contributed by atoms with Gasteiger partial charge in [0.1, 0.15) is 11.4 Å². The number of benzene rings is 2. The first-order valence-corrected chi connectivity index (χ1v) is 10.7. The molecule has 2 rings (SSSR count). The lowest BCUT2D eigenvalue weighted by molar-refractivity contribution is -0.126. The molecule has 11 heteroatoms. The normalized spacial score (nSPS) is 11.7. The van der Waals surface area contributed by atoms with E-state index in [0.29, 0.717) is 29.7 Å². The van der Waals surface area contributed by atoms with Gasteiger partial charge in [-0.25, -0.2) is 0 Å². The van der Waals surface area contributed by atoms with Gasteiger partial charge in [-0.2, -0.15) is 5.11 Å². The number of methoxy groups -OCH3 is 2. The third kappa shape index (κ3) is 6.72. The molecule has 0 saturated carbocycles. The topological polar surface area (TPSA) is 108 Å². The van der Waals surface area contributed by atoms with Gasteiger partial charge in [0.15, 0.2) is 23.0 Å². The summed E-state index contributed by atoms with van der Waals surface area (Å²) in [4.78, 5) is 25.1. The quantitative estimate of drug-likeness (QED) is 0.324. The molecule has 1 N–H and O–H groups in total. The number of ketones is 1. The third-order valence-corrected chi connectivity index (χ3v) is 4.74. The molecule has 1 atom stereocenters. The summed E-state index contributed by atoms with van der Waals surface area (Å²) in [6.07, 6.45) is 0. The van der Waals surface area contributed by atoms with E-state index in [1.54, 1.807) is 26.0 Å². The maximum Gasteiger partial charge on any atom is 0.258 e. The fraction of sp³-hybridized carbons (Fsp3) is 0.364. The van der Waals surface area contributed by atoms with Crippen molar-refractivity contribution in [2.45, 2.75) is 26.8 Å². The molecule has 0 spiro atoms. The van der Waals surface area contributed by atoms with E-state index in [4.69, 9.17) is 42.1 Å². The maximum atomic E-state index is 12.9. The number of Topliss-reactive ketones (excluding diaryl/α,β-unsaturated/α-hetero) is 1. The summed E-state index contributed by atoms with van der Waals surface area (Å²) in [5, 5.41) is 11.0. The summed E-state index contributed by atoms with van der Waals surface area (Å²) in [5.41, 5.74) is 0.384. The number of anilines is 1. The second kappa shape index (κ2) is 12.3. The summed E-state index contributed by atoms with van der Waals surface area (Å²) in [6, 6.07) is 4.67. The number of hydrogen-bond acceptors (Lipinski definition) is 8. The third-order valence-electron chi connectivity index (χ3n) is 4.23. The highest BCUT2D eigenvalue weighted by atomic mass is 35.5. The highest BCUT2D eigenvalue weighted by molar-refractivity contribution is 6.33. The SMILES string of the molecule is CCOc1cc(Cl)cc(NC(=O)C(N=Nc2c(Cl)cc(OC)cc2OC)C(C)=O)c1OCC. The van der Waals surface area contributed by atoms with E-state index in [1.807, 2.05) is 0 Å². The first-order chi connectivity index (χ1) is 15.7. The Kier molecular flexibility index (Phi) is 9.74. The first-order valence-electron chi connectivity index (χ1n) is 9.98. The van der Waals surface area contributed by atoms with Crippen LogP contribution in [-0.2, 0) is 9.59 Å². The van der Waals surface area contributed by atoms with Crippen molar-refractivity contribution in [1.82, 2.24) is 0 Å². The number of carbonyl (C=O) groups excluding carboxylic acids is 2. The molecule has 1 amide bonds. The number of rotatable bonds is 11. The molecular formula is C22H25Cl2N3O6. The van der Waals surface area contributed by atoms with Crippen LogP contribution in [0.3, 0.4) is 0 Å². The molecule has 0 saturated heterocycles. The van der Waals surface area contributed by atoms with Gasteiger partial charge < -0.3 is 24.3 Å². The van der Waals surface area contributed by atoms with Crippen molar-refractivity contribution in [1.29, 1.82) is 0 Å². The van der Waals surface area contributed by atoms with E-state index < -0.39 is 17.7 Å². The van der Waals surface area contributed by atoms with Crippen LogP contribution in [-0.4, -0.2) is 45.2 Å². The van der Waals surface area contributed by atoms with Gasteiger partial charge >= 0.3 is 0 Å². The fourth-order valence-corrected chi connectivity index (χ4v) is 3.22. The number of hydrogen-bond donors (Lipinski definition) is 1. The van der Waals surface area contributed by atoms with Crippen LogP contribution in [0.25, 0.3) is 0 Å². The number of carbonyl (C=O) groups is 2. The number of nitrogens with one attached hydrogen (secondary N) is 1. The molecule has 0 aliphatic rings. The Balaban J connectivity index is 2.39.